The molecule has 0 saturated heterocycles. The monoisotopic (exact) mass is 386 g/mol. The maximum atomic E-state index is 11.9. The number of alkyl halides is 3. The van der Waals surface area contributed by atoms with Gasteiger partial charge in [0.1, 0.15) is 0 Å². The van der Waals surface area contributed by atoms with E-state index in [0.717, 1.165) is 4.57 Å². The molecule has 0 aliphatic rings. The molecule has 0 aromatic heterocycles. The van der Waals surface area contributed by atoms with Crippen LogP contribution in [-0.4, -0.2) is 31.9 Å². The van der Waals surface area contributed by atoms with Gasteiger partial charge in [0.05, 0.1) is 0 Å². The van der Waals surface area contributed by atoms with Gasteiger partial charge in [-0.2, -0.15) is 13.2 Å². The van der Waals surface area contributed by atoms with Crippen LogP contribution in [0.3, 0.4) is 0 Å². The second kappa shape index (κ2) is 29.1. The molecule has 0 bridgehead atoms. The summed E-state index contributed by atoms with van der Waals surface area (Å²) in [6, 6.07) is 0. The van der Waals surface area contributed by atoms with Gasteiger partial charge in [0.25, 0.3) is 0 Å². The van der Waals surface area contributed by atoms with Gasteiger partial charge in [-0.05, 0) is 0 Å². The zero-order chi connectivity index (χ0) is 10.2. The average Bonchev–Trinajstić information content (AvgIpc) is 1.80. The Balaban J connectivity index is -0.0000000110. The van der Waals surface area contributed by atoms with E-state index < -0.39 is 20.3 Å². The first kappa shape index (κ1) is 96.8. The van der Waals surface area contributed by atoms with E-state index in [1.807, 2.05) is 0 Å². The Morgan fingerprint density at radius 2 is 0.870 bits per heavy atom. The van der Waals surface area contributed by atoms with Crippen molar-refractivity contribution in [1.82, 2.24) is 72.2 Å². The lowest BCUT2D eigenvalue weighted by Crippen LogP contribution is -2.51. The molecule has 1 amide bonds. The number of halogens is 3. The predicted molar refractivity (Wildman–Crippen MR) is 97.4 cm³/mol. The Bertz CT molecular complexity index is 202. The molecular weight excluding hydrogens is 341 g/mol. The smallest absolute Gasteiger partial charge is 0.365 e. The lowest BCUT2D eigenvalue weighted by molar-refractivity contribution is -0.179. The molecule has 0 radical (unpaired) electrons. The Kier molecular flexibility index (Phi) is 122. The van der Waals surface area contributed by atoms with Crippen molar-refractivity contribution in [2.75, 3.05) is 7.05 Å². The Labute approximate surface area is 138 Å². The maximum absolute atomic E-state index is 11.9. The van der Waals surface area contributed by atoms with Crippen LogP contribution >= 0.6 is 0 Å². The first-order valence-corrected chi connectivity index (χ1v) is 6.86. The molecule has 0 rings (SSSR count). The average molecular weight is 387 g/mol. The summed E-state index contributed by atoms with van der Waals surface area (Å²) in [7, 11) is -0.973. The molecule has 33 N–H and O–H groups in total. The van der Waals surface area contributed by atoms with Gasteiger partial charge in [-0.3, -0.25) is 4.79 Å². The second-order valence-electron chi connectivity index (χ2n) is 3.53. The van der Waals surface area contributed by atoms with Crippen LogP contribution in [0.25, 0.3) is 0 Å². The lowest BCUT2D eigenvalue weighted by atomic mass is 10.6. The molecule has 0 aromatic carbocycles. The summed E-state index contributed by atoms with van der Waals surface area (Å²) in [5.74, 6) is -1.75. The van der Waals surface area contributed by atoms with Crippen LogP contribution in [0.2, 0.25) is 19.6 Å². The summed E-state index contributed by atoms with van der Waals surface area (Å²) in [4.78, 5) is 10.6. The summed E-state index contributed by atoms with van der Waals surface area (Å²) in [6.07, 6.45) is -4.74. The van der Waals surface area contributed by atoms with E-state index in [-0.39, 0.29) is 67.7 Å². The van der Waals surface area contributed by atoms with Crippen LogP contribution < -0.4 is 67.7 Å². The van der Waals surface area contributed by atoms with E-state index in [0.29, 0.717) is 0 Å². The van der Waals surface area contributed by atoms with Crippen molar-refractivity contribution in [1.29, 1.82) is 0 Å². The van der Waals surface area contributed by atoms with Crippen LogP contribution in [0.5, 0.6) is 0 Å². The molecular formula is C6H45F3N12OSi. The number of hydrogen-bond donors (Lipinski definition) is 11. The van der Waals surface area contributed by atoms with Crippen molar-refractivity contribution in [3.05, 3.63) is 0 Å². The number of amides is 1. The zero-order valence-electron chi connectivity index (χ0n) is 15.3. The molecule has 0 heterocycles. The molecule has 0 atom stereocenters. The first-order chi connectivity index (χ1) is 5.07. The molecule has 0 fully saturated rings. The van der Waals surface area contributed by atoms with E-state index in [1.54, 1.807) is 19.6 Å². The van der Waals surface area contributed by atoms with Gasteiger partial charge in [-0.15, -0.1) is 0 Å². The molecule has 0 unspecified atom stereocenters. The SMILES string of the molecule is CN(C(=O)C(F)(F)F)[Si](C)(C)C.N.N.N.N.N.N.N.N.N.N.N. The predicted octanol–water partition coefficient (Wildman–Crippen LogP) is 3.62. The van der Waals surface area contributed by atoms with Crippen molar-refractivity contribution in [3.8, 4) is 0 Å². The van der Waals surface area contributed by atoms with Gasteiger partial charge >= 0.3 is 12.1 Å². The third-order valence-corrected chi connectivity index (χ3v) is 3.77. The van der Waals surface area contributed by atoms with Gasteiger partial charge in [-0.1, -0.05) is 19.6 Å². The third-order valence-electron chi connectivity index (χ3n) is 1.55. The van der Waals surface area contributed by atoms with Crippen molar-refractivity contribution >= 4 is 14.1 Å². The van der Waals surface area contributed by atoms with E-state index in [1.165, 1.54) is 7.05 Å². The Morgan fingerprint density at radius 3 is 0.913 bits per heavy atom. The quantitative estimate of drug-likeness (QED) is 0.287. The number of rotatable bonds is 1. The molecule has 0 aliphatic heterocycles. The highest BCUT2D eigenvalue weighted by Crippen LogP contribution is 2.20. The topological polar surface area (TPSA) is 405 Å². The number of carbonyl (C=O) groups is 1. The molecule has 160 valence electrons. The molecule has 0 aromatic rings. The standard InChI is InChI=1S/C6H12F3NOSi.11H3N/c1-10(12(2,3)4)5(11)6(7,8)9;;;;;;;;;;;/h1-4H3;11*1H3. The minimum absolute atomic E-state index is 0. The van der Waals surface area contributed by atoms with Crippen molar-refractivity contribution < 1.29 is 18.0 Å². The van der Waals surface area contributed by atoms with E-state index in [9.17, 15) is 18.0 Å². The van der Waals surface area contributed by atoms with Gasteiger partial charge in [0, 0.05) is 7.05 Å². The number of carbonyl (C=O) groups excluding carboxylic acids is 1. The minimum atomic E-state index is -4.74. The molecule has 0 aliphatic carbocycles. The normalized spacial score (nSPS) is 6.74. The summed E-state index contributed by atoms with van der Waals surface area (Å²) >= 11 is 0. The van der Waals surface area contributed by atoms with Crippen LogP contribution in [0.1, 0.15) is 0 Å². The minimum Gasteiger partial charge on any atom is -0.365 e. The zero-order valence-corrected chi connectivity index (χ0v) is 16.3. The van der Waals surface area contributed by atoms with Crippen LogP contribution in [0, 0.1) is 0 Å². The van der Waals surface area contributed by atoms with Gasteiger partial charge < -0.3 is 72.2 Å². The van der Waals surface area contributed by atoms with Crippen LogP contribution in [0.15, 0.2) is 0 Å². The second-order valence-corrected chi connectivity index (χ2v) is 8.55. The largest absolute Gasteiger partial charge is 0.470 e. The van der Waals surface area contributed by atoms with Crippen LogP contribution in [-0.2, 0) is 4.79 Å². The molecule has 17 heteroatoms. The maximum Gasteiger partial charge on any atom is 0.470 e. The summed E-state index contributed by atoms with van der Waals surface area (Å²) in [6.45, 7) is 5.03. The summed E-state index contributed by atoms with van der Waals surface area (Å²) in [5.41, 5.74) is 0. The summed E-state index contributed by atoms with van der Waals surface area (Å²) < 4.78 is 36.4. The third kappa shape index (κ3) is 33.7. The van der Waals surface area contributed by atoms with E-state index in [2.05, 4.69) is 0 Å². The van der Waals surface area contributed by atoms with E-state index >= 15 is 0 Å². The first-order valence-electron chi connectivity index (χ1n) is 3.42. The van der Waals surface area contributed by atoms with Gasteiger partial charge in [0.15, 0.2) is 8.24 Å². The number of hydrogen-bond acceptors (Lipinski definition) is 12. The highest BCUT2D eigenvalue weighted by atomic mass is 28.3. The Morgan fingerprint density at radius 1 is 0.696 bits per heavy atom. The fourth-order valence-electron chi connectivity index (χ4n) is 0.495. The van der Waals surface area contributed by atoms with Crippen molar-refractivity contribution in [2.45, 2.75) is 25.8 Å². The molecule has 23 heavy (non-hydrogen) atoms. The number of nitrogens with zero attached hydrogens (tertiary/aromatic N) is 1. The highest BCUT2D eigenvalue weighted by molar-refractivity contribution is 6.75. The van der Waals surface area contributed by atoms with Crippen LogP contribution in [0.4, 0.5) is 13.2 Å². The summed E-state index contributed by atoms with van der Waals surface area (Å²) in [5, 5.41) is 0. The fourth-order valence-corrected chi connectivity index (χ4v) is 1.23. The lowest BCUT2D eigenvalue weighted by Gasteiger charge is -2.30. The molecule has 13 nitrogen and oxygen atoms in total. The van der Waals surface area contributed by atoms with Gasteiger partial charge in [0.2, 0.25) is 0 Å². The Hall–Kier alpha value is -0.963. The van der Waals surface area contributed by atoms with Gasteiger partial charge in [-0.25, -0.2) is 0 Å². The molecule has 0 spiro atoms. The van der Waals surface area contributed by atoms with Crippen molar-refractivity contribution in [3.63, 3.8) is 0 Å². The van der Waals surface area contributed by atoms with E-state index in [4.69, 9.17) is 0 Å². The van der Waals surface area contributed by atoms with Crippen molar-refractivity contribution in [2.24, 2.45) is 0 Å². The fraction of sp³-hybridized carbons (Fsp3) is 0.833. The molecule has 0 saturated carbocycles. The highest BCUT2D eigenvalue weighted by Gasteiger charge is 2.44.